The Morgan fingerprint density at radius 3 is 1.12 bits per heavy atom. The molecule has 0 aliphatic carbocycles. The van der Waals surface area contributed by atoms with Gasteiger partial charge in [0.25, 0.3) is 0 Å². The average Bonchev–Trinajstić information content (AvgIpc) is 3.19. The van der Waals surface area contributed by atoms with E-state index < -0.39 is 42.0 Å². The molecule has 0 aromatic heterocycles. The van der Waals surface area contributed by atoms with Crippen LogP contribution < -0.4 is 23.7 Å². The van der Waals surface area contributed by atoms with Crippen LogP contribution in [-0.2, 0) is 58.9 Å². The van der Waals surface area contributed by atoms with Gasteiger partial charge in [-0.05, 0) is 97.5 Å². The minimum absolute atomic E-state index is 0.0220. The van der Waals surface area contributed by atoms with Crippen molar-refractivity contribution in [3.63, 3.8) is 0 Å². The molecule has 0 aliphatic heterocycles. The molecule has 16 nitrogen and oxygen atoms in total. The van der Waals surface area contributed by atoms with Crippen LogP contribution in [0.15, 0.2) is 54.6 Å². The van der Waals surface area contributed by atoms with Gasteiger partial charge in [0.15, 0.2) is 23.0 Å². The van der Waals surface area contributed by atoms with Gasteiger partial charge in [0, 0.05) is 56.3 Å². The van der Waals surface area contributed by atoms with Gasteiger partial charge in [0.05, 0.1) is 41.2 Å². The average molecular weight is 1190 g/mol. The van der Waals surface area contributed by atoms with E-state index in [4.69, 9.17) is 47.4 Å². The zero-order valence-corrected chi connectivity index (χ0v) is 53.5. The Hall–Kier alpha value is -6.32. The van der Waals surface area contributed by atoms with Gasteiger partial charge < -0.3 is 47.4 Å². The van der Waals surface area contributed by atoms with Crippen LogP contribution in [0.4, 0.5) is 0 Å². The molecule has 3 aromatic rings. The Labute approximate surface area is 508 Å². The second-order valence-corrected chi connectivity index (χ2v) is 22.4. The molecule has 3 aromatic carbocycles. The molecule has 6 atom stereocenters. The van der Waals surface area contributed by atoms with E-state index in [9.17, 15) is 28.8 Å². The smallest absolute Gasteiger partial charge is 0.311 e. The number of rotatable bonds is 46. The fraction of sp³-hybridized carbons (Fsp3) is 0.652. The summed E-state index contributed by atoms with van der Waals surface area (Å²) in [5.74, 6) is -2.05. The molecule has 0 radical (unpaired) electrons. The minimum atomic E-state index is -0.933. The van der Waals surface area contributed by atoms with Crippen molar-refractivity contribution in [3.05, 3.63) is 76.9 Å². The van der Waals surface area contributed by atoms with E-state index >= 15 is 0 Å². The Kier molecular flexibility index (Phi) is 36.5. The molecule has 0 aliphatic rings. The summed E-state index contributed by atoms with van der Waals surface area (Å²) in [6, 6.07) is 16.1. The summed E-state index contributed by atoms with van der Waals surface area (Å²) >= 11 is 0. The Morgan fingerprint density at radius 1 is 0.365 bits per heavy atom. The van der Waals surface area contributed by atoms with Crippen molar-refractivity contribution in [3.8, 4) is 28.7 Å². The third-order valence-electron chi connectivity index (χ3n) is 15.0. The van der Waals surface area contributed by atoms with Gasteiger partial charge in [0.1, 0.15) is 24.1 Å². The number of carbonyl (C=O) groups is 6. The van der Waals surface area contributed by atoms with Crippen molar-refractivity contribution in [2.45, 2.75) is 234 Å². The van der Waals surface area contributed by atoms with E-state index in [0.717, 1.165) is 89.9 Å². The quantitative estimate of drug-likeness (QED) is 0.0224. The molecule has 6 unspecified atom stereocenters. The van der Waals surface area contributed by atoms with Crippen LogP contribution in [0, 0.1) is 17.8 Å². The molecular formula is C69H104O16. The number of ether oxygens (including phenoxy) is 10. The molecule has 0 saturated heterocycles. The molecule has 85 heavy (non-hydrogen) atoms. The van der Waals surface area contributed by atoms with Crippen LogP contribution >= 0.6 is 0 Å². The SMILES string of the molecule is CCCCCC(=O)OCC(C)C(OC(=O)CCCCC)c1ccc(CC(COC(=O)CCCCC)C(Oc2ccc(C(OC(=O)CCCCC)C(C)COC(=O)CCCCC)cc2OC)c2ccc(OC(=O)CCCCC)c(OC)c2)c(OC)c1. The van der Waals surface area contributed by atoms with Crippen molar-refractivity contribution in [1.29, 1.82) is 0 Å². The number of benzene rings is 3. The third-order valence-corrected chi connectivity index (χ3v) is 15.0. The van der Waals surface area contributed by atoms with Gasteiger partial charge in [-0.3, -0.25) is 28.8 Å². The number of unbranched alkanes of at least 4 members (excludes halogenated alkanes) is 12. The molecule has 0 fully saturated rings. The lowest BCUT2D eigenvalue weighted by atomic mass is 9.88. The summed E-state index contributed by atoms with van der Waals surface area (Å²) in [5.41, 5.74) is 2.53. The van der Waals surface area contributed by atoms with E-state index in [2.05, 4.69) is 41.5 Å². The largest absolute Gasteiger partial charge is 0.496 e. The normalized spacial score (nSPS) is 13.3. The van der Waals surface area contributed by atoms with Crippen LogP contribution in [0.5, 0.6) is 28.7 Å². The van der Waals surface area contributed by atoms with Gasteiger partial charge in [-0.15, -0.1) is 0 Å². The van der Waals surface area contributed by atoms with Gasteiger partial charge in [-0.25, -0.2) is 0 Å². The first-order valence-electron chi connectivity index (χ1n) is 31.9. The van der Waals surface area contributed by atoms with Crippen LogP contribution in [-0.4, -0.2) is 77.0 Å². The van der Waals surface area contributed by atoms with Crippen LogP contribution in [0.2, 0.25) is 0 Å². The minimum Gasteiger partial charge on any atom is -0.496 e. The molecule has 0 heterocycles. The van der Waals surface area contributed by atoms with Gasteiger partial charge in [0.2, 0.25) is 0 Å². The van der Waals surface area contributed by atoms with Crippen molar-refractivity contribution < 1.29 is 76.1 Å². The summed E-state index contributed by atoms with van der Waals surface area (Å²) in [7, 11) is 4.56. The Balaban J connectivity index is 2.28. The molecule has 0 N–H and O–H groups in total. The first-order valence-corrected chi connectivity index (χ1v) is 31.9. The highest BCUT2D eigenvalue weighted by Gasteiger charge is 2.33. The number of esters is 6. The van der Waals surface area contributed by atoms with E-state index in [1.54, 1.807) is 43.5 Å². The number of hydrogen-bond acceptors (Lipinski definition) is 16. The fourth-order valence-corrected chi connectivity index (χ4v) is 9.88. The van der Waals surface area contributed by atoms with Gasteiger partial charge >= 0.3 is 35.8 Å². The van der Waals surface area contributed by atoms with E-state index in [1.165, 1.54) is 14.2 Å². The fourth-order valence-electron chi connectivity index (χ4n) is 9.88. The maximum Gasteiger partial charge on any atom is 0.311 e. The monoisotopic (exact) mass is 1190 g/mol. The van der Waals surface area contributed by atoms with Crippen molar-refractivity contribution in [2.75, 3.05) is 41.2 Å². The summed E-state index contributed by atoms with van der Waals surface area (Å²) in [5, 5.41) is 0. The predicted octanol–water partition coefficient (Wildman–Crippen LogP) is 16.1. The first kappa shape index (κ1) is 72.9. The van der Waals surface area contributed by atoms with Gasteiger partial charge in [-0.1, -0.05) is 157 Å². The summed E-state index contributed by atoms with van der Waals surface area (Å²) in [4.78, 5) is 79.2. The van der Waals surface area contributed by atoms with E-state index in [0.29, 0.717) is 78.0 Å². The van der Waals surface area contributed by atoms with Crippen molar-refractivity contribution in [1.82, 2.24) is 0 Å². The lowest BCUT2D eigenvalue weighted by Gasteiger charge is -2.31. The molecular weight excluding hydrogens is 1080 g/mol. The van der Waals surface area contributed by atoms with E-state index in [1.807, 2.05) is 32.0 Å². The molecule has 0 spiro atoms. The van der Waals surface area contributed by atoms with Crippen LogP contribution in [0.3, 0.4) is 0 Å². The highest BCUT2D eigenvalue weighted by molar-refractivity contribution is 5.74. The molecule has 0 bridgehead atoms. The summed E-state index contributed by atoms with van der Waals surface area (Å²) < 4.78 is 61.2. The highest BCUT2D eigenvalue weighted by atomic mass is 16.6. The second kappa shape index (κ2) is 42.5. The zero-order valence-electron chi connectivity index (χ0n) is 53.5. The first-order chi connectivity index (χ1) is 41.1. The van der Waals surface area contributed by atoms with Crippen molar-refractivity contribution >= 4 is 35.8 Å². The summed E-state index contributed by atoms with van der Waals surface area (Å²) in [6.07, 6.45) is 14.4. The third kappa shape index (κ3) is 27.3. The predicted molar refractivity (Wildman–Crippen MR) is 329 cm³/mol. The standard InChI is InChI=1S/C69H104O16/c1-12-18-24-30-61(70)79-46-49(7)67(84-65(74)34-28-22-16-5)52-37-36-51(58(43-52)76-9)42-55(48-81-63(72)32-26-20-14-3)69(54-39-40-56(59(45-54)77-10)82-64(73)33-27-21-15-4)83-57-41-38-53(44-60(57)78-11)68(85-66(75)35-29-23-17-6)50(8)47-80-62(71)31-25-19-13-2/h36-41,43-45,49-50,55,67-69H,12-35,42,46-48H2,1-11H3. The lowest BCUT2D eigenvalue weighted by Crippen LogP contribution is -2.27. The number of carbonyl (C=O) groups excluding carboxylic acids is 6. The molecule has 16 heteroatoms. The zero-order chi connectivity index (χ0) is 62.4. The number of hydrogen-bond donors (Lipinski definition) is 0. The Bertz CT molecular complexity index is 2430. The van der Waals surface area contributed by atoms with Crippen LogP contribution in [0.1, 0.15) is 250 Å². The highest BCUT2D eigenvalue weighted by Crippen LogP contribution is 2.43. The van der Waals surface area contributed by atoms with Crippen LogP contribution in [0.25, 0.3) is 0 Å². The Morgan fingerprint density at radius 2 is 0.706 bits per heavy atom. The molecule has 0 amide bonds. The molecule has 0 saturated carbocycles. The topological polar surface area (TPSA) is 195 Å². The second-order valence-electron chi connectivity index (χ2n) is 22.4. The van der Waals surface area contributed by atoms with E-state index in [-0.39, 0.29) is 93.3 Å². The summed E-state index contributed by atoms with van der Waals surface area (Å²) in [6.45, 7) is 16.1. The van der Waals surface area contributed by atoms with Gasteiger partial charge in [-0.2, -0.15) is 0 Å². The molecule has 3 rings (SSSR count). The molecule has 476 valence electrons. The maximum atomic E-state index is 13.6. The lowest BCUT2D eigenvalue weighted by molar-refractivity contribution is -0.157. The number of methoxy groups -OCH3 is 3. The van der Waals surface area contributed by atoms with Crippen molar-refractivity contribution in [2.24, 2.45) is 17.8 Å². The maximum absolute atomic E-state index is 13.6.